The van der Waals surface area contributed by atoms with Crippen LogP contribution < -0.4 is 11.1 Å². The van der Waals surface area contributed by atoms with Crippen LogP contribution in [0.4, 0.5) is 13.6 Å². The van der Waals surface area contributed by atoms with Crippen molar-refractivity contribution >= 4 is 21.8 Å². The van der Waals surface area contributed by atoms with E-state index < -0.39 is 68.8 Å². The first-order valence-corrected chi connectivity index (χ1v) is 18.1. The Hall–Kier alpha value is -3.13. The van der Waals surface area contributed by atoms with Gasteiger partial charge in [-0.05, 0) is 54.5 Å². The molecule has 1 aliphatic rings. The Morgan fingerprint density at radius 2 is 1.72 bits per heavy atom. The molecule has 1 unspecified atom stereocenters. The second kappa shape index (κ2) is 18.4. The van der Waals surface area contributed by atoms with Gasteiger partial charge >= 0.3 is 6.09 Å². The Balaban J connectivity index is 1.93. The van der Waals surface area contributed by atoms with Gasteiger partial charge in [0.15, 0.2) is 9.84 Å². The molecule has 13 heteroatoms. The standard InChI is InChI=1S/C34H49F2N3O7S/c1-4-8-29(9-5-2)47(43,44)22-31(38-34(42)46-28-12-13-45-21-28)33(41)39(19-24-11-7-10-23(6-3)14-24)20-32(40)30(37)17-25-15-26(35)18-27(36)16-25/h7,10-11,14-16,18,28-32,40H,4-6,8-9,12-13,17,19-22,37H2,1-3H3,(H,38,42)/t28-,30-,31?,32+/m0/s1. The molecule has 1 aliphatic heterocycles. The van der Waals surface area contributed by atoms with Gasteiger partial charge in [0.1, 0.15) is 23.8 Å². The summed E-state index contributed by atoms with van der Waals surface area (Å²) in [6, 6.07) is 7.86. The predicted molar refractivity (Wildman–Crippen MR) is 175 cm³/mol. The molecule has 262 valence electrons. The normalized spacial score (nSPS) is 16.9. The van der Waals surface area contributed by atoms with Gasteiger partial charge in [-0.1, -0.05) is 57.9 Å². The number of rotatable bonds is 18. The van der Waals surface area contributed by atoms with Crippen molar-refractivity contribution in [2.24, 2.45) is 5.73 Å². The van der Waals surface area contributed by atoms with E-state index in [1.165, 1.54) is 4.90 Å². The van der Waals surface area contributed by atoms with Crippen molar-refractivity contribution in [3.05, 3.63) is 70.8 Å². The number of hydrogen-bond acceptors (Lipinski definition) is 8. The molecule has 1 fully saturated rings. The molecule has 0 bridgehead atoms. The minimum atomic E-state index is -3.88. The van der Waals surface area contributed by atoms with E-state index in [1.54, 1.807) is 6.07 Å². The highest BCUT2D eigenvalue weighted by molar-refractivity contribution is 7.92. The second-order valence-electron chi connectivity index (χ2n) is 12.2. The molecular weight excluding hydrogens is 632 g/mol. The largest absolute Gasteiger partial charge is 0.444 e. The average Bonchev–Trinajstić information content (AvgIpc) is 3.52. The van der Waals surface area contributed by atoms with Crippen molar-refractivity contribution in [1.29, 1.82) is 0 Å². The summed E-state index contributed by atoms with van der Waals surface area (Å²) in [5.41, 5.74) is 8.21. The third kappa shape index (κ3) is 12.1. The van der Waals surface area contributed by atoms with Gasteiger partial charge < -0.3 is 30.5 Å². The van der Waals surface area contributed by atoms with Crippen LogP contribution in [0.5, 0.6) is 0 Å². The number of carbonyl (C=O) groups excluding carboxylic acids is 2. The Kier molecular flexibility index (Phi) is 15.0. The van der Waals surface area contributed by atoms with Gasteiger partial charge in [0, 0.05) is 31.6 Å². The lowest BCUT2D eigenvalue weighted by Crippen LogP contribution is -2.55. The van der Waals surface area contributed by atoms with Gasteiger partial charge in [-0.2, -0.15) is 0 Å². The number of ether oxygens (including phenoxy) is 2. The van der Waals surface area contributed by atoms with Crippen LogP contribution in [0, 0.1) is 11.6 Å². The maximum atomic E-state index is 14.3. The molecule has 1 heterocycles. The van der Waals surface area contributed by atoms with E-state index in [0.717, 1.165) is 30.2 Å². The van der Waals surface area contributed by atoms with E-state index in [-0.39, 0.29) is 31.7 Å². The number of nitrogens with two attached hydrogens (primary N) is 1. The van der Waals surface area contributed by atoms with Gasteiger partial charge in [0.05, 0.1) is 30.3 Å². The number of nitrogens with zero attached hydrogens (tertiary/aromatic N) is 1. The van der Waals surface area contributed by atoms with E-state index in [2.05, 4.69) is 5.32 Å². The fourth-order valence-corrected chi connectivity index (χ4v) is 7.90. The van der Waals surface area contributed by atoms with Gasteiger partial charge in [0.25, 0.3) is 0 Å². The third-order valence-electron chi connectivity index (χ3n) is 8.26. The summed E-state index contributed by atoms with van der Waals surface area (Å²) in [6.45, 7) is 5.99. The van der Waals surface area contributed by atoms with E-state index in [0.29, 0.717) is 44.3 Å². The van der Waals surface area contributed by atoms with Gasteiger partial charge in [-0.3, -0.25) is 4.79 Å². The Morgan fingerprint density at radius 3 is 2.32 bits per heavy atom. The lowest BCUT2D eigenvalue weighted by atomic mass is 10.0. The molecule has 1 saturated heterocycles. The molecule has 47 heavy (non-hydrogen) atoms. The molecule has 3 rings (SSSR count). The van der Waals surface area contributed by atoms with Crippen LogP contribution in [0.15, 0.2) is 42.5 Å². The highest BCUT2D eigenvalue weighted by Gasteiger charge is 2.36. The van der Waals surface area contributed by atoms with Crippen LogP contribution in [-0.2, 0) is 43.5 Å². The summed E-state index contributed by atoms with van der Waals surface area (Å²) in [7, 11) is -3.88. The summed E-state index contributed by atoms with van der Waals surface area (Å²) >= 11 is 0. The number of halogens is 2. The molecule has 0 saturated carbocycles. The van der Waals surface area contributed by atoms with Crippen molar-refractivity contribution < 1.29 is 41.4 Å². The van der Waals surface area contributed by atoms with Crippen molar-refractivity contribution in [3.63, 3.8) is 0 Å². The summed E-state index contributed by atoms with van der Waals surface area (Å²) < 4.78 is 65.7. The number of alkyl carbamates (subject to hydrolysis) is 1. The first kappa shape index (κ1) is 38.3. The molecule has 2 aromatic carbocycles. The van der Waals surface area contributed by atoms with E-state index in [1.807, 2.05) is 39.0 Å². The Morgan fingerprint density at radius 1 is 1.06 bits per heavy atom. The number of amides is 2. The molecule has 0 aliphatic carbocycles. The lowest BCUT2D eigenvalue weighted by Gasteiger charge is -2.32. The number of sulfone groups is 1. The van der Waals surface area contributed by atoms with E-state index in [9.17, 15) is 31.9 Å². The molecule has 2 aromatic rings. The second-order valence-corrected chi connectivity index (χ2v) is 14.5. The fraction of sp³-hybridized carbons (Fsp3) is 0.588. The molecule has 2 amide bonds. The molecular formula is C34H49F2N3O7S. The quantitative estimate of drug-likeness (QED) is 0.214. The predicted octanol–water partition coefficient (Wildman–Crippen LogP) is 4.05. The Labute approximate surface area is 276 Å². The Bertz CT molecular complexity index is 1400. The topological polar surface area (TPSA) is 148 Å². The molecule has 4 atom stereocenters. The number of aliphatic hydroxyl groups is 1. The summed E-state index contributed by atoms with van der Waals surface area (Å²) in [5.74, 6) is -2.98. The van der Waals surface area contributed by atoms with Crippen LogP contribution in [0.2, 0.25) is 0 Å². The van der Waals surface area contributed by atoms with Gasteiger partial charge in [-0.25, -0.2) is 22.0 Å². The molecule has 10 nitrogen and oxygen atoms in total. The van der Waals surface area contributed by atoms with Crippen molar-refractivity contribution in [2.75, 3.05) is 25.5 Å². The van der Waals surface area contributed by atoms with Crippen molar-refractivity contribution in [2.45, 2.75) is 102 Å². The summed E-state index contributed by atoms with van der Waals surface area (Å²) in [4.78, 5) is 28.6. The van der Waals surface area contributed by atoms with Crippen LogP contribution >= 0.6 is 0 Å². The lowest BCUT2D eigenvalue weighted by molar-refractivity contribution is -0.135. The zero-order valence-electron chi connectivity index (χ0n) is 27.5. The van der Waals surface area contributed by atoms with Gasteiger partial charge in [-0.15, -0.1) is 0 Å². The number of aliphatic hydroxyl groups excluding tert-OH is 1. The maximum Gasteiger partial charge on any atom is 0.408 e. The number of hydrogen-bond donors (Lipinski definition) is 3. The van der Waals surface area contributed by atoms with Crippen molar-refractivity contribution in [3.8, 4) is 0 Å². The minimum absolute atomic E-state index is 0.0257. The first-order valence-electron chi connectivity index (χ1n) is 16.4. The minimum Gasteiger partial charge on any atom is -0.444 e. The summed E-state index contributed by atoms with van der Waals surface area (Å²) in [5, 5.41) is 13.0. The fourth-order valence-electron chi connectivity index (χ4n) is 5.74. The molecule has 0 spiro atoms. The van der Waals surface area contributed by atoms with Crippen LogP contribution in [0.3, 0.4) is 0 Å². The molecule has 0 aromatic heterocycles. The number of nitrogens with one attached hydrogen (secondary N) is 1. The maximum absolute atomic E-state index is 14.3. The van der Waals surface area contributed by atoms with E-state index in [4.69, 9.17) is 15.2 Å². The summed E-state index contributed by atoms with van der Waals surface area (Å²) in [6.07, 6.45) is 0.319. The number of aryl methyl sites for hydroxylation is 1. The monoisotopic (exact) mass is 681 g/mol. The first-order chi connectivity index (χ1) is 22.3. The highest BCUT2D eigenvalue weighted by Crippen LogP contribution is 2.20. The van der Waals surface area contributed by atoms with Crippen LogP contribution in [0.1, 0.15) is 69.6 Å². The number of carbonyl (C=O) groups is 2. The SMILES string of the molecule is CCCC(CCC)S(=O)(=O)CC(NC(=O)O[C@H]1CCOC1)C(=O)N(Cc1cccc(CC)c1)C[C@@H](O)[C@@H](N)Cc1cc(F)cc(F)c1. The zero-order valence-corrected chi connectivity index (χ0v) is 28.3. The molecule has 4 N–H and O–H groups in total. The van der Waals surface area contributed by atoms with E-state index >= 15 is 0 Å². The number of benzene rings is 2. The molecule has 0 radical (unpaired) electrons. The highest BCUT2D eigenvalue weighted by atomic mass is 32.2. The van der Waals surface area contributed by atoms with Crippen molar-refractivity contribution in [1.82, 2.24) is 10.2 Å². The zero-order chi connectivity index (χ0) is 34.6. The van der Waals surface area contributed by atoms with Gasteiger partial charge in [0.2, 0.25) is 5.91 Å². The average molecular weight is 682 g/mol. The third-order valence-corrected chi connectivity index (χ3v) is 10.5. The van der Waals surface area contributed by atoms with Crippen LogP contribution in [-0.4, -0.2) is 85.5 Å². The van der Waals surface area contributed by atoms with Crippen LogP contribution in [0.25, 0.3) is 0 Å². The smallest absolute Gasteiger partial charge is 0.408 e.